The molecule has 0 radical (unpaired) electrons. The summed E-state index contributed by atoms with van der Waals surface area (Å²) in [6.07, 6.45) is 1.75. The van der Waals surface area contributed by atoms with E-state index in [-0.39, 0.29) is 0 Å². The third-order valence-corrected chi connectivity index (χ3v) is 1.80. The topological polar surface area (TPSA) is 26.0 Å². The van der Waals surface area contributed by atoms with Crippen LogP contribution in [-0.2, 0) is 0 Å². The number of nitrogens with zero attached hydrogens (tertiary/aromatic N) is 1. The Morgan fingerprint density at radius 3 is 2.18 bits per heavy atom. The van der Waals surface area contributed by atoms with E-state index in [9.17, 15) is 0 Å². The van der Waals surface area contributed by atoms with E-state index < -0.39 is 0 Å². The van der Waals surface area contributed by atoms with Crippen molar-refractivity contribution in [2.75, 3.05) is 0 Å². The molecule has 1 aromatic rings. The Balaban J connectivity index is 2.96. The third kappa shape index (κ3) is 1.62. The summed E-state index contributed by atoms with van der Waals surface area (Å²) in [6.45, 7) is 8.56. The van der Waals surface area contributed by atoms with Gasteiger partial charge in [-0.25, -0.2) is 0 Å². The molecule has 1 aromatic heterocycles. The average molecular weight is 153 g/mol. The third-order valence-electron chi connectivity index (χ3n) is 1.80. The zero-order valence-corrected chi connectivity index (χ0v) is 7.59. The van der Waals surface area contributed by atoms with Crippen molar-refractivity contribution < 1.29 is 4.52 Å². The molecule has 0 aliphatic heterocycles. The zero-order chi connectivity index (χ0) is 8.43. The van der Waals surface area contributed by atoms with Crippen molar-refractivity contribution in [1.82, 2.24) is 5.16 Å². The highest BCUT2D eigenvalue weighted by molar-refractivity contribution is 5.21. The van der Waals surface area contributed by atoms with E-state index in [1.807, 2.05) is 0 Å². The second-order valence-corrected chi connectivity index (χ2v) is 3.46. The van der Waals surface area contributed by atoms with Gasteiger partial charge in [-0.3, -0.25) is 0 Å². The van der Waals surface area contributed by atoms with Gasteiger partial charge in [0.05, 0.1) is 5.69 Å². The normalized spacial score (nSPS) is 11.5. The van der Waals surface area contributed by atoms with Crippen molar-refractivity contribution >= 4 is 0 Å². The maximum Gasteiger partial charge on any atom is 0.127 e. The van der Waals surface area contributed by atoms with Crippen LogP contribution in [0.3, 0.4) is 0 Å². The first-order valence-electron chi connectivity index (χ1n) is 4.07. The molecular formula is C9H15NO. The van der Waals surface area contributed by atoms with Gasteiger partial charge in [-0.1, -0.05) is 32.9 Å². The minimum Gasteiger partial charge on any atom is -0.364 e. The second kappa shape index (κ2) is 3.07. The van der Waals surface area contributed by atoms with Crippen molar-refractivity contribution in [3.8, 4) is 0 Å². The Kier molecular flexibility index (Phi) is 2.32. The average Bonchev–Trinajstić information content (AvgIpc) is 2.32. The molecule has 0 N–H and O–H groups in total. The first-order chi connectivity index (χ1) is 5.13. The van der Waals surface area contributed by atoms with Gasteiger partial charge < -0.3 is 4.52 Å². The van der Waals surface area contributed by atoms with E-state index >= 15 is 0 Å². The molecule has 0 bridgehead atoms. The molecule has 0 aliphatic carbocycles. The van der Waals surface area contributed by atoms with Gasteiger partial charge in [-0.15, -0.1) is 0 Å². The van der Waals surface area contributed by atoms with Gasteiger partial charge in [0.1, 0.15) is 6.26 Å². The lowest BCUT2D eigenvalue weighted by molar-refractivity contribution is 0.408. The van der Waals surface area contributed by atoms with Gasteiger partial charge in [0.15, 0.2) is 0 Å². The van der Waals surface area contributed by atoms with Crippen LogP contribution in [0.1, 0.15) is 50.8 Å². The lowest BCUT2D eigenvalue weighted by Gasteiger charge is -2.05. The lowest BCUT2D eigenvalue weighted by atomic mass is 9.98. The predicted octanol–water partition coefficient (Wildman–Crippen LogP) is 2.92. The molecule has 0 aromatic carbocycles. The van der Waals surface area contributed by atoms with Crippen LogP contribution in [0, 0.1) is 0 Å². The SMILES string of the molecule is CC(C)c1conc1C(C)C. The summed E-state index contributed by atoms with van der Waals surface area (Å²) >= 11 is 0. The highest BCUT2D eigenvalue weighted by atomic mass is 16.5. The lowest BCUT2D eigenvalue weighted by Crippen LogP contribution is -1.95. The first kappa shape index (κ1) is 8.31. The van der Waals surface area contributed by atoms with Crippen molar-refractivity contribution in [2.45, 2.75) is 39.5 Å². The first-order valence-corrected chi connectivity index (χ1v) is 4.07. The van der Waals surface area contributed by atoms with Gasteiger partial charge in [0.2, 0.25) is 0 Å². The number of hydrogen-bond donors (Lipinski definition) is 0. The van der Waals surface area contributed by atoms with Crippen LogP contribution in [-0.4, -0.2) is 5.16 Å². The van der Waals surface area contributed by atoms with Crippen LogP contribution < -0.4 is 0 Å². The van der Waals surface area contributed by atoms with Gasteiger partial charge in [-0.05, 0) is 11.8 Å². The fraction of sp³-hybridized carbons (Fsp3) is 0.667. The second-order valence-electron chi connectivity index (χ2n) is 3.46. The molecule has 0 saturated heterocycles. The number of rotatable bonds is 2. The summed E-state index contributed by atoms with van der Waals surface area (Å²) in [5.74, 6) is 0.977. The van der Waals surface area contributed by atoms with Crippen LogP contribution in [0.4, 0.5) is 0 Å². The van der Waals surface area contributed by atoms with Crippen molar-refractivity contribution in [3.05, 3.63) is 17.5 Å². The van der Waals surface area contributed by atoms with E-state index in [2.05, 4.69) is 32.9 Å². The summed E-state index contributed by atoms with van der Waals surface area (Å²) in [7, 11) is 0. The summed E-state index contributed by atoms with van der Waals surface area (Å²) in [4.78, 5) is 0. The molecule has 1 rings (SSSR count). The van der Waals surface area contributed by atoms with E-state index in [0.717, 1.165) is 5.69 Å². The minimum atomic E-state index is 0.464. The molecule has 2 heteroatoms. The fourth-order valence-electron chi connectivity index (χ4n) is 1.12. The van der Waals surface area contributed by atoms with Gasteiger partial charge in [0, 0.05) is 5.56 Å². The van der Waals surface area contributed by atoms with Crippen molar-refractivity contribution in [1.29, 1.82) is 0 Å². The van der Waals surface area contributed by atoms with E-state index in [1.54, 1.807) is 6.26 Å². The number of aromatic nitrogens is 1. The molecule has 0 saturated carbocycles. The standard InChI is InChI=1S/C9H15NO/c1-6(2)8-5-11-10-9(8)7(3)4/h5-7H,1-4H3. The monoisotopic (exact) mass is 153 g/mol. The maximum atomic E-state index is 4.92. The molecule has 0 atom stereocenters. The maximum absolute atomic E-state index is 4.92. The molecule has 2 nitrogen and oxygen atoms in total. The number of hydrogen-bond acceptors (Lipinski definition) is 2. The summed E-state index contributed by atoms with van der Waals surface area (Å²) in [5.41, 5.74) is 2.33. The van der Waals surface area contributed by atoms with E-state index in [1.165, 1.54) is 5.56 Å². The predicted molar refractivity (Wildman–Crippen MR) is 44.7 cm³/mol. The van der Waals surface area contributed by atoms with E-state index in [4.69, 9.17) is 4.52 Å². The Morgan fingerprint density at radius 1 is 1.18 bits per heavy atom. The van der Waals surface area contributed by atoms with Crippen LogP contribution >= 0.6 is 0 Å². The summed E-state index contributed by atoms with van der Waals surface area (Å²) < 4.78 is 4.92. The molecule has 62 valence electrons. The Labute approximate surface area is 67.6 Å². The summed E-state index contributed by atoms with van der Waals surface area (Å²) in [6, 6.07) is 0. The van der Waals surface area contributed by atoms with Crippen LogP contribution in [0.5, 0.6) is 0 Å². The highest BCUT2D eigenvalue weighted by Gasteiger charge is 2.13. The van der Waals surface area contributed by atoms with Gasteiger partial charge >= 0.3 is 0 Å². The van der Waals surface area contributed by atoms with Crippen LogP contribution in [0.2, 0.25) is 0 Å². The quantitative estimate of drug-likeness (QED) is 0.653. The molecule has 0 spiro atoms. The molecule has 0 amide bonds. The molecule has 0 unspecified atom stereocenters. The largest absolute Gasteiger partial charge is 0.364 e. The Bertz CT molecular complexity index is 203. The minimum absolute atomic E-state index is 0.464. The summed E-state index contributed by atoms with van der Waals surface area (Å²) in [5, 5.41) is 3.96. The molecule has 11 heavy (non-hydrogen) atoms. The highest BCUT2D eigenvalue weighted by Crippen LogP contribution is 2.23. The Morgan fingerprint density at radius 2 is 1.82 bits per heavy atom. The fourth-order valence-corrected chi connectivity index (χ4v) is 1.12. The van der Waals surface area contributed by atoms with Crippen LogP contribution in [0.15, 0.2) is 10.8 Å². The van der Waals surface area contributed by atoms with Crippen molar-refractivity contribution in [3.63, 3.8) is 0 Å². The zero-order valence-electron chi connectivity index (χ0n) is 7.59. The van der Waals surface area contributed by atoms with Gasteiger partial charge in [-0.2, -0.15) is 0 Å². The molecule has 1 heterocycles. The molecule has 0 aliphatic rings. The molecule has 0 fully saturated rings. The Hall–Kier alpha value is -0.790. The van der Waals surface area contributed by atoms with Crippen LogP contribution in [0.25, 0.3) is 0 Å². The smallest absolute Gasteiger partial charge is 0.127 e. The van der Waals surface area contributed by atoms with Gasteiger partial charge in [0.25, 0.3) is 0 Å². The molecular weight excluding hydrogens is 138 g/mol. The van der Waals surface area contributed by atoms with E-state index in [0.29, 0.717) is 11.8 Å². The van der Waals surface area contributed by atoms with Crippen molar-refractivity contribution in [2.24, 2.45) is 0 Å².